The fourth-order valence-electron chi connectivity index (χ4n) is 2.72. The van der Waals surface area contributed by atoms with E-state index in [1.807, 2.05) is 0 Å². The summed E-state index contributed by atoms with van der Waals surface area (Å²) >= 11 is 0. The third-order valence-electron chi connectivity index (χ3n) is 3.32. The van der Waals surface area contributed by atoms with Crippen LogP contribution in [0.4, 0.5) is 0 Å². The minimum absolute atomic E-state index is 0.618. The van der Waals surface area contributed by atoms with E-state index in [1.54, 1.807) is 5.57 Å². The molecule has 0 aliphatic heterocycles. The highest BCUT2D eigenvalue weighted by Crippen LogP contribution is 2.43. The lowest BCUT2D eigenvalue weighted by Crippen LogP contribution is -2.06. The minimum Gasteiger partial charge on any atom is -0.303 e. The molecule has 0 bridgehead atoms. The molecule has 0 amide bonds. The SMILES string of the molecule is O=CC[C@H]1CC[C@@H]2CCCC=C21. The Morgan fingerprint density at radius 3 is 3.17 bits per heavy atom. The van der Waals surface area contributed by atoms with E-state index in [0.29, 0.717) is 5.92 Å². The fraction of sp³-hybridized carbons (Fsp3) is 0.727. The van der Waals surface area contributed by atoms with Crippen molar-refractivity contribution in [1.29, 1.82) is 0 Å². The van der Waals surface area contributed by atoms with E-state index in [1.165, 1.54) is 32.1 Å². The van der Waals surface area contributed by atoms with Gasteiger partial charge in [0.1, 0.15) is 6.29 Å². The summed E-state index contributed by atoms with van der Waals surface area (Å²) in [5.74, 6) is 1.47. The average molecular weight is 164 g/mol. The van der Waals surface area contributed by atoms with Gasteiger partial charge in [-0.2, -0.15) is 0 Å². The van der Waals surface area contributed by atoms with Crippen molar-refractivity contribution in [3.63, 3.8) is 0 Å². The molecule has 2 rings (SSSR count). The Kier molecular flexibility index (Phi) is 2.29. The standard InChI is InChI=1S/C11H16O/c12-8-7-10-6-5-9-3-1-2-4-11(9)10/h4,8-10H,1-3,5-7H2/t9-,10+/m0/s1. The maximum Gasteiger partial charge on any atom is 0.120 e. The first-order valence-corrected chi connectivity index (χ1v) is 5.05. The molecule has 12 heavy (non-hydrogen) atoms. The van der Waals surface area contributed by atoms with Gasteiger partial charge in [-0.1, -0.05) is 11.6 Å². The molecule has 0 aromatic carbocycles. The average Bonchev–Trinajstić information content (AvgIpc) is 2.50. The lowest BCUT2D eigenvalue weighted by atomic mass is 9.86. The normalized spacial score (nSPS) is 34.2. The third kappa shape index (κ3) is 1.33. The molecular weight excluding hydrogens is 148 g/mol. The van der Waals surface area contributed by atoms with Crippen LogP contribution in [-0.2, 0) is 4.79 Å². The van der Waals surface area contributed by atoms with Gasteiger partial charge in [-0.15, -0.1) is 0 Å². The lowest BCUT2D eigenvalue weighted by molar-refractivity contribution is -0.108. The van der Waals surface area contributed by atoms with E-state index >= 15 is 0 Å². The predicted molar refractivity (Wildman–Crippen MR) is 48.8 cm³/mol. The van der Waals surface area contributed by atoms with Gasteiger partial charge in [-0.25, -0.2) is 0 Å². The maximum atomic E-state index is 10.4. The van der Waals surface area contributed by atoms with Gasteiger partial charge < -0.3 is 4.79 Å². The smallest absolute Gasteiger partial charge is 0.120 e. The Bertz CT molecular complexity index is 205. The molecule has 1 nitrogen and oxygen atoms in total. The second-order valence-electron chi connectivity index (χ2n) is 4.01. The summed E-state index contributed by atoms with van der Waals surface area (Å²) in [5, 5.41) is 0. The van der Waals surface area contributed by atoms with Crippen LogP contribution in [0, 0.1) is 11.8 Å². The number of aldehydes is 1. The zero-order chi connectivity index (χ0) is 8.39. The van der Waals surface area contributed by atoms with Crippen LogP contribution < -0.4 is 0 Å². The van der Waals surface area contributed by atoms with E-state index in [9.17, 15) is 4.79 Å². The number of allylic oxidation sites excluding steroid dienone is 2. The van der Waals surface area contributed by atoms with Crippen LogP contribution in [0.15, 0.2) is 11.6 Å². The van der Waals surface area contributed by atoms with E-state index < -0.39 is 0 Å². The van der Waals surface area contributed by atoms with Crippen LogP contribution in [0.3, 0.4) is 0 Å². The van der Waals surface area contributed by atoms with Crippen molar-refractivity contribution in [2.45, 2.75) is 38.5 Å². The predicted octanol–water partition coefficient (Wildman–Crippen LogP) is 2.71. The van der Waals surface area contributed by atoms with Gasteiger partial charge in [0.15, 0.2) is 0 Å². The summed E-state index contributed by atoms with van der Waals surface area (Å²) in [6.45, 7) is 0. The summed E-state index contributed by atoms with van der Waals surface area (Å²) in [4.78, 5) is 10.4. The van der Waals surface area contributed by atoms with Gasteiger partial charge in [0, 0.05) is 6.42 Å². The van der Waals surface area contributed by atoms with E-state index in [2.05, 4.69) is 6.08 Å². The zero-order valence-corrected chi connectivity index (χ0v) is 7.46. The molecule has 0 heterocycles. The van der Waals surface area contributed by atoms with Gasteiger partial charge in [-0.05, 0) is 43.9 Å². The Morgan fingerprint density at radius 2 is 2.33 bits per heavy atom. The molecule has 0 N–H and O–H groups in total. The van der Waals surface area contributed by atoms with Crippen LogP contribution in [0.2, 0.25) is 0 Å². The molecule has 2 atom stereocenters. The summed E-state index contributed by atoms with van der Waals surface area (Å²) in [7, 11) is 0. The van der Waals surface area contributed by atoms with Gasteiger partial charge in [0.05, 0.1) is 0 Å². The molecule has 0 aromatic heterocycles. The lowest BCUT2D eigenvalue weighted by Gasteiger charge is -2.19. The molecule has 2 aliphatic carbocycles. The first kappa shape index (κ1) is 8.03. The molecule has 1 heteroatoms. The highest BCUT2D eigenvalue weighted by Gasteiger charge is 2.30. The Hall–Kier alpha value is -0.590. The molecule has 2 aliphatic rings. The van der Waals surface area contributed by atoms with Crippen molar-refractivity contribution >= 4 is 6.29 Å². The quantitative estimate of drug-likeness (QED) is 0.453. The van der Waals surface area contributed by atoms with Crippen LogP contribution in [-0.4, -0.2) is 6.29 Å². The molecule has 1 fully saturated rings. The number of fused-ring (bicyclic) bond motifs is 1. The molecular formula is C11H16O. The highest BCUT2D eigenvalue weighted by molar-refractivity contribution is 5.51. The number of carbonyl (C=O) groups excluding carboxylic acids is 1. The molecule has 0 spiro atoms. The van der Waals surface area contributed by atoms with Gasteiger partial charge >= 0.3 is 0 Å². The van der Waals surface area contributed by atoms with Crippen molar-refractivity contribution in [2.24, 2.45) is 11.8 Å². The minimum atomic E-state index is 0.618. The molecule has 0 unspecified atom stereocenters. The summed E-state index contributed by atoms with van der Waals surface area (Å²) in [5.41, 5.74) is 1.62. The summed E-state index contributed by atoms with van der Waals surface area (Å²) in [6, 6.07) is 0. The second kappa shape index (κ2) is 3.42. The van der Waals surface area contributed by atoms with E-state index in [4.69, 9.17) is 0 Å². The Balaban J connectivity index is 2.09. The van der Waals surface area contributed by atoms with Crippen LogP contribution in [0.1, 0.15) is 38.5 Å². The number of rotatable bonds is 2. The monoisotopic (exact) mass is 164 g/mol. The van der Waals surface area contributed by atoms with Gasteiger partial charge in [-0.3, -0.25) is 0 Å². The Morgan fingerprint density at radius 1 is 1.42 bits per heavy atom. The number of carbonyl (C=O) groups is 1. The van der Waals surface area contributed by atoms with Gasteiger partial charge in [0.2, 0.25) is 0 Å². The van der Waals surface area contributed by atoms with E-state index in [-0.39, 0.29) is 0 Å². The fourth-order valence-corrected chi connectivity index (χ4v) is 2.72. The third-order valence-corrected chi connectivity index (χ3v) is 3.32. The first-order valence-electron chi connectivity index (χ1n) is 5.05. The van der Waals surface area contributed by atoms with Crippen molar-refractivity contribution in [2.75, 3.05) is 0 Å². The molecule has 0 radical (unpaired) electrons. The highest BCUT2D eigenvalue weighted by atomic mass is 16.1. The van der Waals surface area contributed by atoms with Crippen molar-refractivity contribution in [3.05, 3.63) is 11.6 Å². The van der Waals surface area contributed by atoms with Crippen molar-refractivity contribution in [3.8, 4) is 0 Å². The first-order chi connectivity index (χ1) is 5.92. The number of hydrogen-bond donors (Lipinski definition) is 0. The zero-order valence-electron chi connectivity index (χ0n) is 7.46. The summed E-state index contributed by atoms with van der Waals surface area (Å²) < 4.78 is 0. The summed E-state index contributed by atoms with van der Waals surface area (Å²) in [6.07, 6.45) is 10.8. The van der Waals surface area contributed by atoms with Gasteiger partial charge in [0.25, 0.3) is 0 Å². The topological polar surface area (TPSA) is 17.1 Å². The van der Waals surface area contributed by atoms with Crippen LogP contribution in [0.5, 0.6) is 0 Å². The van der Waals surface area contributed by atoms with Crippen molar-refractivity contribution < 1.29 is 4.79 Å². The second-order valence-corrected chi connectivity index (χ2v) is 4.01. The molecule has 0 aromatic rings. The molecule has 66 valence electrons. The number of hydrogen-bond acceptors (Lipinski definition) is 1. The molecule has 0 saturated heterocycles. The van der Waals surface area contributed by atoms with Crippen LogP contribution in [0.25, 0.3) is 0 Å². The maximum absolute atomic E-state index is 10.4. The Labute approximate surface area is 73.8 Å². The largest absolute Gasteiger partial charge is 0.303 e. The van der Waals surface area contributed by atoms with Crippen LogP contribution >= 0.6 is 0 Å². The van der Waals surface area contributed by atoms with Crippen molar-refractivity contribution in [1.82, 2.24) is 0 Å². The van der Waals surface area contributed by atoms with E-state index in [0.717, 1.165) is 18.6 Å². The molecule has 1 saturated carbocycles.